The zero-order chi connectivity index (χ0) is 13.0. The van der Waals surface area contributed by atoms with E-state index in [4.69, 9.17) is 9.47 Å². The second-order valence-electron chi connectivity index (χ2n) is 4.14. The summed E-state index contributed by atoms with van der Waals surface area (Å²) in [4.78, 5) is 4.36. The van der Waals surface area contributed by atoms with Gasteiger partial charge in [0.25, 0.3) is 0 Å². The van der Waals surface area contributed by atoms with Crippen molar-refractivity contribution in [3.8, 4) is 5.75 Å². The van der Waals surface area contributed by atoms with E-state index in [1.165, 1.54) is 0 Å². The number of pyridine rings is 1. The van der Waals surface area contributed by atoms with Gasteiger partial charge in [-0.15, -0.1) is 0 Å². The highest BCUT2D eigenvalue weighted by Gasteiger charge is 2.07. The first-order chi connectivity index (χ1) is 8.76. The number of anilines is 1. The van der Waals surface area contributed by atoms with Crippen molar-refractivity contribution >= 4 is 16.6 Å². The number of fused-ring (bicyclic) bond motifs is 1. The van der Waals surface area contributed by atoms with Gasteiger partial charge in [-0.3, -0.25) is 4.98 Å². The van der Waals surface area contributed by atoms with Crippen LogP contribution < -0.4 is 10.1 Å². The predicted octanol–water partition coefficient (Wildman–Crippen LogP) is 2.69. The molecular weight excluding hydrogens is 228 g/mol. The molecular formula is C14H18N2O2. The van der Waals surface area contributed by atoms with E-state index in [1.54, 1.807) is 20.4 Å². The second kappa shape index (κ2) is 5.69. The Kier molecular flexibility index (Phi) is 3.99. The van der Waals surface area contributed by atoms with E-state index in [-0.39, 0.29) is 6.10 Å². The van der Waals surface area contributed by atoms with Crippen molar-refractivity contribution < 1.29 is 9.47 Å². The van der Waals surface area contributed by atoms with Crippen molar-refractivity contribution in [3.63, 3.8) is 0 Å². The lowest BCUT2D eigenvalue weighted by molar-refractivity contribution is 0.129. The van der Waals surface area contributed by atoms with Gasteiger partial charge in [-0.1, -0.05) is 12.1 Å². The molecule has 1 N–H and O–H groups in total. The predicted molar refractivity (Wildman–Crippen MR) is 73.3 cm³/mol. The molecule has 0 spiro atoms. The number of benzene rings is 1. The van der Waals surface area contributed by atoms with Crippen LogP contribution in [-0.4, -0.2) is 31.9 Å². The summed E-state index contributed by atoms with van der Waals surface area (Å²) in [5, 5.41) is 4.42. The van der Waals surface area contributed by atoms with Crippen LogP contribution in [0.3, 0.4) is 0 Å². The van der Waals surface area contributed by atoms with Crippen molar-refractivity contribution in [3.05, 3.63) is 30.5 Å². The Bertz CT molecular complexity index is 528. The fourth-order valence-electron chi connectivity index (χ4n) is 1.80. The Morgan fingerprint density at radius 1 is 1.28 bits per heavy atom. The Labute approximate surface area is 107 Å². The van der Waals surface area contributed by atoms with Gasteiger partial charge in [-0.2, -0.15) is 0 Å². The van der Waals surface area contributed by atoms with Gasteiger partial charge in [0, 0.05) is 30.9 Å². The molecule has 0 saturated heterocycles. The topological polar surface area (TPSA) is 43.4 Å². The molecule has 1 aromatic carbocycles. The number of rotatable bonds is 5. The lowest BCUT2D eigenvalue weighted by Gasteiger charge is -2.14. The normalized spacial score (nSPS) is 12.4. The summed E-state index contributed by atoms with van der Waals surface area (Å²) in [5.41, 5.74) is 1.91. The Balaban J connectivity index is 2.34. The number of nitrogens with zero attached hydrogens (tertiary/aromatic N) is 1. The van der Waals surface area contributed by atoms with Crippen LogP contribution in [0.1, 0.15) is 6.92 Å². The highest BCUT2D eigenvalue weighted by molar-refractivity contribution is 5.94. The molecule has 1 heterocycles. The average Bonchev–Trinajstić information content (AvgIpc) is 2.43. The van der Waals surface area contributed by atoms with Crippen LogP contribution >= 0.6 is 0 Å². The Morgan fingerprint density at radius 3 is 2.83 bits per heavy atom. The molecule has 0 aliphatic carbocycles. The summed E-state index contributed by atoms with van der Waals surface area (Å²) < 4.78 is 10.5. The molecule has 2 aromatic rings. The SMILES string of the molecule is COc1cccc2c(NCC(C)OC)ccnc12. The smallest absolute Gasteiger partial charge is 0.145 e. The third-order valence-electron chi connectivity index (χ3n) is 2.94. The van der Waals surface area contributed by atoms with Crippen LogP contribution in [0.4, 0.5) is 5.69 Å². The number of aromatic nitrogens is 1. The van der Waals surface area contributed by atoms with Gasteiger partial charge in [0.2, 0.25) is 0 Å². The fraction of sp³-hybridized carbons (Fsp3) is 0.357. The van der Waals surface area contributed by atoms with Gasteiger partial charge in [0.15, 0.2) is 0 Å². The van der Waals surface area contributed by atoms with Gasteiger partial charge in [0.1, 0.15) is 11.3 Å². The van der Waals surface area contributed by atoms with Gasteiger partial charge in [-0.05, 0) is 19.1 Å². The highest BCUT2D eigenvalue weighted by Crippen LogP contribution is 2.28. The van der Waals surface area contributed by atoms with E-state index in [2.05, 4.69) is 10.3 Å². The van der Waals surface area contributed by atoms with Crippen molar-refractivity contribution in [2.75, 3.05) is 26.1 Å². The lowest BCUT2D eigenvalue weighted by atomic mass is 10.1. The third kappa shape index (κ3) is 2.54. The lowest BCUT2D eigenvalue weighted by Crippen LogP contribution is -2.18. The zero-order valence-corrected chi connectivity index (χ0v) is 10.9. The van der Waals surface area contributed by atoms with Gasteiger partial charge >= 0.3 is 0 Å². The van der Waals surface area contributed by atoms with Crippen LogP contribution in [0.25, 0.3) is 10.9 Å². The van der Waals surface area contributed by atoms with Crippen LogP contribution in [0.5, 0.6) is 5.75 Å². The number of ether oxygens (including phenoxy) is 2. The maximum absolute atomic E-state index is 5.31. The maximum atomic E-state index is 5.31. The van der Waals surface area contributed by atoms with Crippen molar-refractivity contribution in [2.45, 2.75) is 13.0 Å². The Morgan fingerprint density at radius 2 is 2.11 bits per heavy atom. The summed E-state index contributed by atoms with van der Waals surface area (Å²) in [7, 11) is 3.36. The number of hydrogen-bond donors (Lipinski definition) is 1. The van der Waals surface area contributed by atoms with Crippen molar-refractivity contribution in [1.29, 1.82) is 0 Å². The molecule has 4 heteroatoms. The third-order valence-corrected chi connectivity index (χ3v) is 2.94. The molecule has 1 atom stereocenters. The van der Waals surface area contributed by atoms with E-state index in [0.29, 0.717) is 0 Å². The molecule has 2 rings (SSSR count). The largest absolute Gasteiger partial charge is 0.494 e. The molecule has 0 fully saturated rings. The standard InChI is InChI=1S/C14H18N2O2/c1-10(17-2)9-16-12-7-8-15-14-11(12)5-4-6-13(14)18-3/h4-8,10H,9H2,1-3H3,(H,15,16). The second-order valence-corrected chi connectivity index (χ2v) is 4.14. The number of methoxy groups -OCH3 is 2. The monoisotopic (exact) mass is 246 g/mol. The van der Waals surface area contributed by atoms with E-state index < -0.39 is 0 Å². The van der Waals surface area contributed by atoms with E-state index in [9.17, 15) is 0 Å². The molecule has 96 valence electrons. The van der Waals surface area contributed by atoms with Crippen LogP contribution in [0.15, 0.2) is 30.5 Å². The first-order valence-corrected chi connectivity index (χ1v) is 5.94. The summed E-state index contributed by atoms with van der Waals surface area (Å²) in [5.74, 6) is 0.788. The molecule has 0 amide bonds. The summed E-state index contributed by atoms with van der Waals surface area (Å²) in [6, 6.07) is 7.87. The van der Waals surface area contributed by atoms with Crippen LogP contribution in [0.2, 0.25) is 0 Å². The fourth-order valence-corrected chi connectivity index (χ4v) is 1.80. The minimum absolute atomic E-state index is 0.166. The van der Waals surface area contributed by atoms with Crippen molar-refractivity contribution in [1.82, 2.24) is 4.98 Å². The minimum atomic E-state index is 0.166. The average molecular weight is 246 g/mol. The van der Waals surface area contributed by atoms with Gasteiger partial charge in [-0.25, -0.2) is 0 Å². The molecule has 0 radical (unpaired) electrons. The molecule has 18 heavy (non-hydrogen) atoms. The number of nitrogens with one attached hydrogen (secondary N) is 1. The van der Waals surface area contributed by atoms with Crippen molar-refractivity contribution in [2.24, 2.45) is 0 Å². The van der Waals surface area contributed by atoms with Crippen LogP contribution in [-0.2, 0) is 4.74 Å². The van der Waals surface area contributed by atoms with E-state index in [0.717, 1.165) is 28.9 Å². The highest BCUT2D eigenvalue weighted by atomic mass is 16.5. The molecule has 0 saturated carbocycles. The first kappa shape index (κ1) is 12.6. The quantitative estimate of drug-likeness (QED) is 0.881. The molecule has 1 aromatic heterocycles. The van der Waals surface area contributed by atoms with Crippen LogP contribution in [0, 0.1) is 0 Å². The molecule has 1 unspecified atom stereocenters. The molecule has 0 bridgehead atoms. The Hall–Kier alpha value is -1.81. The summed E-state index contributed by atoms with van der Waals surface area (Å²) >= 11 is 0. The summed E-state index contributed by atoms with van der Waals surface area (Å²) in [6.07, 6.45) is 1.95. The molecule has 0 aliphatic rings. The minimum Gasteiger partial charge on any atom is -0.494 e. The maximum Gasteiger partial charge on any atom is 0.145 e. The van der Waals surface area contributed by atoms with E-state index >= 15 is 0 Å². The van der Waals surface area contributed by atoms with Gasteiger partial charge < -0.3 is 14.8 Å². The number of para-hydroxylation sites is 1. The number of hydrogen-bond acceptors (Lipinski definition) is 4. The molecule has 0 aliphatic heterocycles. The van der Waals surface area contributed by atoms with Gasteiger partial charge in [0.05, 0.1) is 13.2 Å². The zero-order valence-electron chi connectivity index (χ0n) is 10.9. The first-order valence-electron chi connectivity index (χ1n) is 5.94. The van der Waals surface area contributed by atoms with E-state index in [1.807, 2.05) is 31.2 Å². The molecule has 4 nitrogen and oxygen atoms in total. The summed E-state index contributed by atoms with van der Waals surface area (Å²) in [6.45, 7) is 2.78.